The summed E-state index contributed by atoms with van der Waals surface area (Å²) in [4.78, 5) is 23.6. The van der Waals surface area contributed by atoms with Gasteiger partial charge < -0.3 is 19.5 Å². The minimum Gasteiger partial charge on any atom is -0.497 e. The van der Waals surface area contributed by atoms with Gasteiger partial charge in [0.05, 0.1) is 27.5 Å². The second kappa shape index (κ2) is 9.07. The Morgan fingerprint density at radius 2 is 1.54 bits per heavy atom. The monoisotopic (exact) mass is 357 g/mol. The topological polar surface area (TPSA) is 98.2 Å². The second-order valence-corrected chi connectivity index (χ2v) is 4.99. The van der Waals surface area contributed by atoms with E-state index in [0.29, 0.717) is 28.5 Å². The average molecular weight is 357 g/mol. The van der Waals surface area contributed by atoms with Gasteiger partial charge in [0.15, 0.2) is 0 Å². The van der Waals surface area contributed by atoms with Crippen LogP contribution in [-0.2, 0) is 9.59 Å². The number of nitrogens with one attached hydrogen (secondary N) is 2. The molecule has 0 spiro atoms. The maximum Gasteiger partial charge on any atom is 0.329 e. The molecule has 0 aliphatic rings. The van der Waals surface area contributed by atoms with E-state index >= 15 is 0 Å². The van der Waals surface area contributed by atoms with Crippen LogP contribution in [0.3, 0.4) is 0 Å². The van der Waals surface area contributed by atoms with E-state index in [9.17, 15) is 9.59 Å². The third-order valence-electron chi connectivity index (χ3n) is 3.36. The summed E-state index contributed by atoms with van der Waals surface area (Å²) in [5.74, 6) is 0.0518. The number of hydrogen-bond acceptors (Lipinski definition) is 6. The van der Waals surface area contributed by atoms with Crippen LogP contribution in [0.15, 0.2) is 47.6 Å². The van der Waals surface area contributed by atoms with E-state index in [1.165, 1.54) is 20.4 Å². The minimum atomic E-state index is -0.899. The zero-order chi connectivity index (χ0) is 18.9. The van der Waals surface area contributed by atoms with Gasteiger partial charge in [-0.1, -0.05) is 0 Å². The summed E-state index contributed by atoms with van der Waals surface area (Å²) < 4.78 is 15.3. The molecule has 26 heavy (non-hydrogen) atoms. The van der Waals surface area contributed by atoms with E-state index < -0.39 is 11.8 Å². The number of anilines is 1. The molecular weight excluding hydrogens is 338 g/mol. The lowest BCUT2D eigenvalue weighted by Crippen LogP contribution is -2.32. The SMILES string of the molecule is COc1ccc(NC(=O)C(=O)NN=Cc2ccc(OC)cc2OC)cc1. The van der Waals surface area contributed by atoms with Crippen LogP contribution in [0, 0.1) is 0 Å². The Balaban J connectivity index is 1.94. The van der Waals surface area contributed by atoms with Crippen LogP contribution >= 0.6 is 0 Å². The van der Waals surface area contributed by atoms with Crippen LogP contribution in [0.5, 0.6) is 17.2 Å². The standard InChI is InChI=1S/C18H19N3O5/c1-24-14-8-5-13(6-9-14)20-17(22)18(23)21-19-11-12-4-7-15(25-2)10-16(12)26-3/h4-11H,1-3H3,(H,20,22)(H,21,23). The predicted octanol–water partition coefficient (Wildman–Crippen LogP) is 1.80. The zero-order valence-corrected chi connectivity index (χ0v) is 14.6. The first-order chi connectivity index (χ1) is 12.6. The maximum atomic E-state index is 11.8. The van der Waals surface area contributed by atoms with Crippen LogP contribution in [0.2, 0.25) is 0 Å². The summed E-state index contributed by atoms with van der Waals surface area (Å²) in [6.45, 7) is 0. The van der Waals surface area contributed by atoms with E-state index in [1.807, 2.05) is 0 Å². The number of carbonyl (C=O) groups excluding carboxylic acids is 2. The van der Waals surface area contributed by atoms with Crippen LogP contribution in [-0.4, -0.2) is 39.4 Å². The van der Waals surface area contributed by atoms with Gasteiger partial charge in [-0.15, -0.1) is 0 Å². The number of amides is 2. The molecule has 2 amide bonds. The molecule has 8 nitrogen and oxygen atoms in total. The molecule has 0 bridgehead atoms. The van der Waals surface area contributed by atoms with Crippen LogP contribution < -0.4 is 25.0 Å². The van der Waals surface area contributed by atoms with Gasteiger partial charge in [-0.3, -0.25) is 9.59 Å². The lowest BCUT2D eigenvalue weighted by Gasteiger charge is -2.07. The van der Waals surface area contributed by atoms with Gasteiger partial charge in [0.2, 0.25) is 0 Å². The van der Waals surface area contributed by atoms with Crippen molar-refractivity contribution in [2.24, 2.45) is 5.10 Å². The van der Waals surface area contributed by atoms with Gasteiger partial charge in [0, 0.05) is 17.3 Å². The van der Waals surface area contributed by atoms with Crippen molar-refractivity contribution in [2.75, 3.05) is 26.6 Å². The molecule has 136 valence electrons. The first-order valence-corrected chi connectivity index (χ1v) is 7.58. The molecule has 0 saturated heterocycles. The van der Waals surface area contributed by atoms with Crippen molar-refractivity contribution >= 4 is 23.7 Å². The molecule has 2 aromatic carbocycles. The highest BCUT2D eigenvalue weighted by Gasteiger charge is 2.13. The third kappa shape index (κ3) is 4.97. The Hall–Kier alpha value is -3.55. The van der Waals surface area contributed by atoms with E-state index in [0.717, 1.165) is 0 Å². The molecule has 0 aliphatic heterocycles. The molecular formula is C18H19N3O5. The molecule has 0 fully saturated rings. The number of rotatable bonds is 6. The third-order valence-corrected chi connectivity index (χ3v) is 3.36. The van der Waals surface area contributed by atoms with Crippen LogP contribution in [0.25, 0.3) is 0 Å². The number of methoxy groups -OCH3 is 3. The largest absolute Gasteiger partial charge is 0.497 e. The summed E-state index contributed by atoms with van der Waals surface area (Å²) in [5.41, 5.74) is 3.24. The highest BCUT2D eigenvalue weighted by atomic mass is 16.5. The smallest absolute Gasteiger partial charge is 0.329 e. The highest BCUT2D eigenvalue weighted by molar-refractivity contribution is 6.39. The molecule has 0 unspecified atom stereocenters. The van der Waals surface area contributed by atoms with Gasteiger partial charge in [-0.05, 0) is 36.4 Å². The number of carbonyl (C=O) groups is 2. The van der Waals surface area contributed by atoms with E-state index in [1.54, 1.807) is 49.6 Å². The van der Waals surface area contributed by atoms with Gasteiger partial charge >= 0.3 is 11.8 Å². The summed E-state index contributed by atoms with van der Waals surface area (Å²) >= 11 is 0. The fraction of sp³-hybridized carbons (Fsp3) is 0.167. The summed E-state index contributed by atoms with van der Waals surface area (Å²) in [6, 6.07) is 11.7. The van der Waals surface area contributed by atoms with Crippen molar-refractivity contribution in [1.82, 2.24) is 5.43 Å². The molecule has 0 atom stereocenters. The van der Waals surface area contributed by atoms with Crippen LogP contribution in [0.1, 0.15) is 5.56 Å². The molecule has 0 aliphatic carbocycles. The van der Waals surface area contributed by atoms with Gasteiger partial charge in [-0.2, -0.15) is 5.10 Å². The Morgan fingerprint density at radius 3 is 2.15 bits per heavy atom. The summed E-state index contributed by atoms with van der Waals surface area (Å²) in [5, 5.41) is 6.23. The van der Waals surface area contributed by atoms with Gasteiger partial charge in [0.25, 0.3) is 0 Å². The molecule has 8 heteroatoms. The molecule has 0 radical (unpaired) electrons. The lowest BCUT2D eigenvalue weighted by atomic mass is 10.2. The van der Waals surface area contributed by atoms with E-state index in [4.69, 9.17) is 14.2 Å². The van der Waals surface area contributed by atoms with Crippen molar-refractivity contribution in [3.63, 3.8) is 0 Å². The fourth-order valence-electron chi connectivity index (χ4n) is 2.00. The van der Waals surface area contributed by atoms with Crippen molar-refractivity contribution in [3.8, 4) is 17.2 Å². The molecule has 0 saturated carbocycles. The van der Waals surface area contributed by atoms with E-state index in [2.05, 4.69) is 15.8 Å². The molecule has 2 aromatic rings. The number of benzene rings is 2. The quantitative estimate of drug-likeness (QED) is 0.467. The Bertz CT molecular complexity index is 803. The molecule has 0 aromatic heterocycles. The van der Waals surface area contributed by atoms with Gasteiger partial charge in [0.1, 0.15) is 17.2 Å². The molecule has 0 heterocycles. The second-order valence-electron chi connectivity index (χ2n) is 4.99. The first kappa shape index (κ1) is 18.8. The highest BCUT2D eigenvalue weighted by Crippen LogP contribution is 2.23. The lowest BCUT2D eigenvalue weighted by molar-refractivity contribution is -0.136. The Kier molecular flexibility index (Phi) is 6.55. The minimum absolute atomic E-state index is 0.465. The predicted molar refractivity (Wildman–Crippen MR) is 96.9 cm³/mol. The van der Waals surface area contributed by atoms with Crippen molar-refractivity contribution in [1.29, 1.82) is 0 Å². The fourth-order valence-corrected chi connectivity index (χ4v) is 2.00. The normalized spacial score (nSPS) is 10.3. The van der Waals surface area contributed by atoms with Crippen molar-refractivity contribution in [2.45, 2.75) is 0 Å². The maximum absolute atomic E-state index is 11.8. The number of hydrogen-bond donors (Lipinski definition) is 2. The Labute approximate surface area is 150 Å². The van der Waals surface area contributed by atoms with E-state index in [-0.39, 0.29) is 0 Å². The average Bonchev–Trinajstić information content (AvgIpc) is 2.68. The number of nitrogens with zero attached hydrogens (tertiary/aromatic N) is 1. The molecule has 2 rings (SSSR count). The Morgan fingerprint density at radius 1 is 0.885 bits per heavy atom. The summed E-state index contributed by atoms with van der Waals surface area (Å²) in [6.07, 6.45) is 1.37. The molecule has 2 N–H and O–H groups in total. The van der Waals surface area contributed by atoms with Gasteiger partial charge in [-0.25, -0.2) is 5.43 Å². The van der Waals surface area contributed by atoms with Crippen molar-refractivity contribution < 1.29 is 23.8 Å². The van der Waals surface area contributed by atoms with Crippen molar-refractivity contribution in [3.05, 3.63) is 48.0 Å². The number of ether oxygens (including phenoxy) is 3. The van der Waals surface area contributed by atoms with Crippen LogP contribution in [0.4, 0.5) is 5.69 Å². The first-order valence-electron chi connectivity index (χ1n) is 7.58. The summed E-state index contributed by atoms with van der Waals surface area (Å²) in [7, 11) is 4.59. The zero-order valence-electron chi connectivity index (χ0n) is 14.6. The number of hydrazone groups is 1.